The van der Waals surface area contributed by atoms with Gasteiger partial charge < -0.3 is 8.83 Å². The van der Waals surface area contributed by atoms with Gasteiger partial charge in [-0.25, -0.2) is 19.9 Å². The van der Waals surface area contributed by atoms with Crippen LogP contribution in [-0.2, 0) is 0 Å². The van der Waals surface area contributed by atoms with Crippen LogP contribution in [0.3, 0.4) is 0 Å². The Balaban J connectivity index is 1.13. The largest absolute Gasteiger partial charge is 0.456 e. The molecule has 0 spiro atoms. The molecular weight excluding hydrogens is 689 g/mol. The topological polar surface area (TPSA) is 77.8 Å². The van der Waals surface area contributed by atoms with Crippen LogP contribution >= 0.6 is 0 Å². The fraction of sp³-hybridized carbons (Fsp3) is 0. The number of benzene rings is 8. The summed E-state index contributed by atoms with van der Waals surface area (Å²) in [5, 5.41) is 3.91. The first-order chi connectivity index (χ1) is 27.7. The van der Waals surface area contributed by atoms with Crippen molar-refractivity contribution >= 4 is 43.8 Å². The molecule has 0 aliphatic rings. The summed E-state index contributed by atoms with van der Waals surface area (Å²) in [7, 11) is 0. The zero-order valence-electron chi connectivity index (χ0n) is 29.9. The Morgan fingerprint density at radius 3 is 1.46 bits per heavy atom. The van der Waals surface area contributed by atoms with Crippen LogP contribution in [0.5, 0.6) is 0 Å². The van der Waals surface area contributed by atoms with E-state index in [1.807, 2.05) is 91.0 Å². The smallest absolute Gasteiger partial charge is 0.227 e. The number of fused-ring (bicyclic) bond motifs is 7. The first-order valence-electron chi connectivity index (χ1n) is 18.5. The zero-order valence-corrected chi connectivity index (χ0v) is 29.9. The molecule has 262 valence electrons. The lowest BCUT2D eigenvalue weighted by Crippen LogP contribution is -2.00. The van der Waals surface area contributed by atoms with Gasteiger partial charge in [0, 0.05) is 27.6 Å². The van der Waals surface area contributed by atoms with Crippen LogP contribution in [0.15, 0.2) is 191 Å². The van der Waals surface area contributed by atoms with E-state index in [2.05, 4.69) is 91.0 Å². The van der Waals surface area contributed by atoms with Crippen LogP contribution in [0.25, 0.3) is 112 Å². The molecule has 0 amide bonds. The molecule has 11 rings (SSSR count). The SMILES string of the molecule is c1ccc(-c2cc(-c3ccccc3)cc(-c3nc(-c4ccccc4)nc(-c4ccc5ccc6oc7ccc8nc(-c9ccccc9)oc8c7c6c5c4)n3)c2)cc1. The van der Waals surface area contributed by atoms with E-state index in [1.165, 1.54) is 0 Å². The Hall–Kier alpha value is -7.70. The standard InChI is InChI=1S/C50H30N4O2/c1-5-13-31(14-6-1)37-27-38(32-15-7-2-8-16-32)29-39(28-37)49-53-47(34-17-9-3-10-18-34)52-48(54-49)36-22-21-33-23-25-42-44(40(33)30-36)45-43(55-42)26-24-41-46(45)56-50(51-41)35-19-11-4-12-20-35/h1-30H. The van der Waals surface area contributed by atoms with Crippen LogP contribution < -0.4 is 0 Å². The zero-order chi connectivity index (χ0) is 37.0. The Bertz CT molecular complexity index is 3170. The van der Waals surface area contributed by atoms with Gasteiger partial charge in [0.25, 0.3) is 0 Å². The van der Waals surface area contributed by atoms with Gasteiger partial charge in [0.1, 0.15) is 16.7 Å². The van der Waals surface area contributed by atoms with Crippen molar-refractivity contribution in [2.45, 2.75) is 0 Å². The molecule has 0 fully saturated rings. The maximum Gasteiger partial charge on any atom is 0.227 e. The van der Waals surface area contributed by atoms with Gasteiger partial charge in [0.05, 0.1) is 5.39 Å². The lowest BCUT2D eigenvalue weighted by Gasteiger charge is -2.13. The van der Waals surface area contributed by atoms with Crippen molar-refractivity contribution in [3.05, 3.63) is 182 Å². The molecule has 0 saturated heterocycles. The molecule has 56 heavy (non-hydrogen) atoms. The van der Waals surface area contributed by atoms with Crippen molar-refractivity contribution < 1.29 is 8.83 Å². The van der Waals surface area contributed by atoms with Gasteiger partial charge in [0.15, 0.2) is 23.1 Å². The number of oxazole rings is 1. The Kier molecular flexibility index (Phi) is 7.38. The molecule has 0 unspecified atom stereocenters. The third-order valence-corrected chi connectivity index (χ3v) is 10.3. The first-order valence-corrected chi connectivity index (χ1v) is 18.5. The molecule has 11 aromatic rings. The lowest BCUT2D eigenvalue weighted by atomic mass is 9.96. The molecule has 0 aliphatic carbocycles. The maximum absolute atomic E-state index is 6.51. The summed E-state index contributed by atoms with van der Waals surface area (Å²) in [5.41, 5.74) is 11.0. The van der Waals surface area contributed by atoms with Crippen molar-refractivity contribution in [3.8, 4) is 67.9 Å². The fourth-order valence-electron chi connectivity index (χ4n) is 7.60. The summed E-state index contributed by atoms with van der Waals surface area (Å²) in [5.74, 6) is 2.33. The second kappa shape index (κ2) is 13.0. The summed E-state index contributed by atoms with van der Waals surface area (Å²) in [6.07, 6.45) is 0. The van der Waals surface area contributed by atoms with E-state index in [4.69, 9.17) is 28.8 Å². The average molecular weight is 719 g/mol. The highest BCUT2D eigenvalue weighted by atomic mass is 16.4. The van der Waals surface area contributed by atoms with Gasteiger partial charge >= 0.3 is 0 Å². The predicted molar refractivity (Wildman–Crippen MR) is 225 cm³/mol. The number of hydrogen-bond donors (Lipinski definition) is 0. The summed E-state index contributed by atoms with van der Waals surface area (Å²) >= 11 is 0. The Labute approximate surface area is 321 Å². The van der Waals surface area contributed by atoms with Crippen molar-refractivity contribution in [2.24, 2.45) is 0 Å². The summed E-state index contributed by atoms with van der Waals surface area (Å²) < 4.78 is 13.0. The van der Waals surface area contributed by atoms with E-state index >= 15 is 0 Å². The minimum Gasteiger partial charge on any atom is -0.456 e. The van der Waals surface area contributed by atoms with E-state index in [9.17, 15) is 0 Å². The summed E-state index contributed by atoms with van der Waals surface area (Å²) in [4.78, 5) is 20.3. The monoisotopic (exact) mass is 718 g/mol. The molecule has 0 atom stereocenters. The van der Waals surface area contributed by atoms with E-state index < -0.39 is 0 Å². The van der Waals surface area contributed by atoms with E-state index in [-0.39, 0.29) is 0 Å². The van der Waals surface area contributed by atoms with E-state index in [0.717, 1.165) is 82.7 Å². The molecule has 0 N–H and O–H groups in total. The fourth-order valence-corrected chi connectivity index (χ4v) is 7.60. The third-order valence-electron chi connectivity index (χ3n) is 10.3. The molecule has 0 radical (unpaired) electrons. The van der Waals surface area contributed by atoms with Crippen LogP contribution in [0.4, 0.5) is 0 Å². The van der Waals surface area contributed by atoms with Crippen LogP contribution in [-0.4, -0.2) is 19.9 Å². The highest BCUT2D eigenvalue weighted by Gasteiger charge is 2.20. The van der Waals surface area contributed by atoms with Crippen molar-refractivity contribution in [2.75, 3.05) is 0 Å². The second-order valence-electron chi connectivity index (χ2n) is 13.9. The van der Waals surface area contributed by atoms with Crippen molar-refractivity contribution in [1.29, 1.82) is 0 Å². The van der Waals surface area contributed by atoms with Gasteiger partial charge in [-0.2, -0.15) is 0 Å². The Morgan fingerprint density at radius 2 is 0.821 bits per heavy atom. The number of rotatable bonds is 6. The van der Waals surface area contributed by atoms with E-state index in [1.54, 1.807) is 0 Å². The van der Waals surface area contributed by atoms with Gasteiger partial charge in [-0.1, -0.05) is 127 Å². The van der Waals surface area contributed by atoms with Crippen LogP contribution in [0.2, 0.25) is 0 Å². The molecule has 3 heterocycles. The molecule has 0 saturated carbocycles. The number of furan rings is 1. The molecule has 8 aromatic carbocycles. The molecule has 0 bridgehead atoms. The number of nitrogens with zero attached hydrogens (tertiary/aromatic N) is 4. The Morgan fingerprint density at radius 1 is 0.321 bits per heavy atom. The maximum atomic E-state index is 6.51. The van der Waals surface area contributed by atoms with Gasteiger partial charge in [-0.05, 0) is 87.6 Å². The van der Waals surface area contributed by atoms with Crippen LogP contribution in [0.1, 0.15) is 0 Å². The van der Waals surface area contributed by atoms with Gasteiger partial charge in [-0.3, -0.25) is 0 Å². The average Bonchev–Trinajstić information content (AvgIpc) is 3.89. The molecule has 6 nitrogen and oxygen atoms in total. The van der Waals surface area contributed by atoms with Crippen LogP contribution in [0, 0.1) is 0 Å². The first kappa shape index (κ1) is 31.8. The molecule has 0 aliphatic heterocycles. The predicted octanol–water partition coefficient (Wildman–Crippen LogP) is 13.1. The molecular formula is C50H30N4O2. The molecule has 3 aromatic heterocycles. The van der Waals surface area contributed by atoms with Crippen molar-refractivity contribution in [1.82, 2.24) is 19.9 Å². The highest BCUT2D eigenvalue weighted by Crippen LogP contribution is 2.41. The minimum atomic E-state index is 0.571. The quantitative estimate of drug-likeness (QED) is 0.170. The van der Waals surface area contributed by atoms with E-state index in [0.29, 0.717) is 28.9 Å². The highest BCUT2D eigenvalue weighted by molar-refractivity contribution is 6.25. The summed E-state index contributed by atoms with van der Waals surface area (Å²) in [6, 6.07) is 61.9. The number of aromatic nitrogens is 4. The third kappa shape index (κ3) is 5.51. The summed E-state index contributed by atoms with van der Waals surface area (Å²) in [6.45, 7) is 0. The number of hydrogen-bond acceptors (Lipinski definition) is 6. The normalized spacial score (nSPS) is 11.6. The van der Waals surface area contributed by atoms with Gasteiger partial charge in [-0.15, -0.1) is 0 Å². The lowest BCUT2D eigenvalue weighted by molar-refractivity contribution is 0.622. The minimum absolute atomic E-state index is 0.571. The molecule has 6 heteroatoms. The van der Waals surface area contributed by atoms with Crippen molar-refractivity contribution in [3.63, 3.8) is 0 Å². The second-order valence-corrected chi connectivity index (χ2v) is 13.9. The van der Waals surface area contributed by atoms with Gasteiger partial charge in [0.2, 0.25) is 5.89 Å².